The molecule has 0 amide bonds. The summed E-state index contributed by atoms with van der Waals surface area (Å²) in [6.45, 7) is 7.78. The molecule has 0 unspecified atom stereocenters. The molecule has 1 heterocycles. The van der Waals surface area contributed by atoms with Gasteiger partial charge in [0.1, 0.15) is 11.5 Å². The van der Waals surface area contributed by atoms with Crippen molar-refractivity contribution in [1.82, 2.24) is 0 Å². The van der Waals surface area contributed by atoms with E-state index < -0.39 is 0 Å². The molecule has 0 bridgehead atoms. The second kappa shape index (κ2) is 3.77. The molecule has 1 aromatic rings. The van der Waals surface area contributed by atoms with Gasteiger partial charge in [0.05, 0.1) is 5.56 Å². The van der Waals surface area contributed by atoms with E-state index in [9.17, 15) is 4.79 Å². The minimum absolute atomic E-state index is 0.185. The van der Waals surface area contributed by atoms with Gasteiger partial charge in [0.15, 0.2) is 5.78 Å². The minimum Gasteiger partial charge on any atom is -0.466 e. The number of hydrogen-bond acceptors (Lipinski definition) is 2. The Hall–Kier alpha value is -1.05. The van der Waals surface area contributed by atoms with Gasteiger partial charge in [-0.15, -0.1) is 0 Å². The highest BCUT2D eigenvalue weighted by molar-refractivity contribution is 5.97. The highest BCUT2D eigenvalue weighted by Crippen LogP contribution is 2.17. The van der Waals surface area contributed by atoms with Crippen LogP contribution in [0.25, 0.3) is 0 Å². The number of ketones is 1. The SMILES string of the molecule is Cc1cc(C(=O)CC(C)C)c(C)o1. The van der Waals surface area contributed by atoms with Gasteiger partial charge in [-0.2, -0.15) is 0 Å². The lowest BCUT2D eigenvalue weighted by Crippen LogP contribution is -2.03. The smallest absolute Gasteiger partial charge is 0.166 e. The maximum Gasteiger partial charge on any atom is 0.166 e. The van der Waals surface area contributed by atoms with Gasteiger partial charge in [-0.1, -0.05) is 13.8 Å². The molecule has 0 spiro atoms. The van der Waals surface area contributed by atoms with Crippen molar-refractivity contribution in [2.45, 2.75) is 34.1 Å². The van der Waals surface area contributed by atoms with Gasteiger partial charge in [-0.3, -0.25) is 4.79 Å². The second-order valence-corrected chi connectivity index (χ2v) is 3.85. The highest BCUT2D eigenvalue weighted by atomic mass is 16.3. The van der Waals surface area contributed by atoms with Crippen molar-refractivity contribution in [2.75, 3.05) is 0 Å². The Morgan fingerprint density at radius 3 is 2.46 bits per heavy atom. The fourth-order valence-corrected chi connectivity index (χ4v) is 1.39. The summed E-state index contributed by atoms with van der Waals surface area (Å²) in [4.78, 5) is 11.6. The summed E-state index contributed by atoms with van der Waals surface area (Å²) in [7, 11) is 0. The number of furan rings is 1. The molecule has 0 aliphatic heterocycles. The van der Waals surface area contributed by atoms with Crippen molar-refractivity contribution < 1.29 is 9.21 Å². The van der Waals surface area contributed by atoms with Crippen LogP contribution in [-0.4, -0.2) is 5.78 Å². The zero-order valence-electron chi connectivity index (χ0n) is 8.68. The van der Waals surface area contributed by atoms with Crippen molar-refractivity contribution in [2.24, 2.45) is 5.92 Å². The van der Waals surface area contributed by atoms with E-state index in [2.05, 4.69) is 0 Å². The lowest BCUT2D eigenvalue weighted by atomic mass is 10.0. The number of carbonyl (C=O) groups excluding carboxylic acids is 1. The van der Waals surface area contributed by atoms with E-state index in [0.29, 0.717) is 12.3 Å². The van der Waals surface area contributed by atoms with Gasteiger partial charge in [0.25, 0.3) is 0 Å². The topological polar surface area (TPSA) is 30.2 Å². The fourth-order valence-electron chi connectivity index (χ4n) is 1.39. The maximum atomic E-state index is 11.6. The van der Waals surface area contributed by atoms with Gasteiger partial charge >= 0.3 is 0 Å². The van der Waals surface area contributed by atoms with Crippen LogP contribution in [0.15, 0.2) is 10.5 Å². The molecular formula is C11H16O2. The first-order chi connectivity index (χ1) is 6.00. The van der Waals surface area contributed by atoms with Crippen molar-refractivity contribution in [1.29, 1.82) is 0 Å². The van der Waals surface area contributed by atoms with Gasteiger partial charge < -0.3 is 4.42 Å². The van der Waals surface area contributed by atoms with Crippen LogP contribution in [0.3, 0.4) is 0 Å². The molecule has 0 N–H and O–H groups in total. The number of Topliss-reactive ketones (excluding diaryl/α,β-unsaturated/α-hetero) is 1. The average Bonchev–Trinajstić information content (AvgIpc) is 2.28. The summed E-state index contributed by atoms with van der Waals surface area (Å²) < 4.78 is 5.30. The lowest BCUT2D eigenvalue weighted by Gasteiger charge is -2.01. The van der Waals surface area contributed by atoms with E-state index in [0.717, 1.165) is 17.1 Å². The largest absolute Gasteiger partial charge is 0.466 e. The average molecular weight is 180 g/mol. The van der Waals surface area contributed by atoms with E-state index in [-0.39, 0.29) is 5.78 Å². The van der Waals surface area contributed by atoms with Gasteiger partial charge in [-0.05, 0) is 25.8 Å². The van der Waals surface area contributed by atoms with Gasteiger partial charge in [0.2, 0.25) is 0 Å². The number of aryl methyl sites for hydroxylation is 2. The van der Waals surface area contributed by atoms with Crippen LogP contribution in [-0.2, 0) is 0 Å². The molecule has 0 aromatic carbocycles. The lowest BCUT2D eigenvalue weighted by molar-refractivity contribution is 0.0966. The second-order valence-electron chi connectivity index (χ2n) is 3.85. The molecule has 1 rings (SSSR count). The zero-order chi connectivity index (χ0) is 10.0. The van der Waals surface area contributed by atoms with E-state index >= 15 is 0 Å². The van der Waals surface area contributed by atoms with Gasteiger partial charge in [0, 0.05) is 6.42 Å². The van der Waals surface area contributed by atoms with Crippen molar-refractivity contribution in [3.05, 3.63) is 23.2 Å². The minimum atomic E-state index is 0.185. The Labute approximate surface area is 78.9 Å². The van der Waals surface area contributed by atoms with Crippen LogP contribution in [0.4, 0.5) is 0 Å². The molecule has 2 nitrogen and oxygen atoms in total. The predicted octanol–water partition coefficient (Wildman–Crippen LogP) is 3.13. The van der Waals surface area contributed by atoms with Crippen molar-refractivity contribution in [3.8, 4) is 0 Å². The quantitative estimate of drug-likeness (QED) is 0.669. The van der Waals surface area contributed by atoms with E-state index in [4.69, 9.17) is 4.42 Å². The summed E-state index contributed by atoms with van der Waals surface area (Å²) in [6, 6.07) is 1.82. The molecule has 0 atom stereocenters. The number of hydrogen-bond donors (Lipinski definition) is 0. The molecular weight excluding hydrogens is 164 g/mol. The maximum absolute atomic E-state index is 11.6. The van der Waals surface area contributed by atoms with E-state index in [1.54, 1.807) is 0 Å². The first-order valence-corrected chi connectivity index (χ1v) is 4.61. The zero-order valence-corrected chi connectivity index (χ0v) is 8.68. The highest BCUT2D eigenvalue weighted by Gasteiger charge is 2.14. The normalized spacial score (nSPS) is 10.8. The molecule has 0 aliphatic carbocycles. The third kappa shape index (κ3) is 2.44. The predicted molar refractivity (Wildman–Crippen MR) is 52.0 cm³/mol. The van der Waals surface area contributed by atoms with Crippen LogP contribution in [0, 0.1) is 19.8 Å². The first kappa shape index (κ1) is 10.0. The molecule has 0 fully saturated rings. The Morgan fingerprint density at radius 2 is 2.08 bits per heavy atom. The van der Waals surface area contributed by atoms with Crippen LogP contribution in [0.1, 0.15) is 42.1 Å². The number of rotatable bonds is 3. The molecule has 0 aliphatic rings. The van der Waals surface area contributed by atoms with Crippen LogP contribution < -0.4 is 0 Å². The third-order valence-electron chi connectivity index (χ3n) is 1.94. The summed E-state index contributed by atoms with van der Waals surface area (Å²) >= 11 is 0. The molecule has 1 aromatic heterocycles. The summed E-state index contributed by atoms with van der Waals surface area (Å²) in [5, 5.41) is 0. The molecule has 0 radical (unpaired) electrons. The van der Waals surface area contributed by atoms with Crippen LogP contribution in [0.5, 0.6) is 0 Å². The number of carbonyl (C=O) groups is 1. The van der Waals surface area contributed by atoms with Crippen molar-refractivity contribution >= 4 is 5.78 Å². The van der Waals surface area contributed by atoms with E-state index in [1.165, 1.54) is 0 Å². The van der Waals surface area contributed by atoms with Crippen molar-refractivity contribution in [3.63, 3.8) is 0 Å². The van der Waals surface area contributed by atoms with Crippen LogP contribution in [0.2, 0.25) is 0 Å². The Morgan fingerprint density at radius 1 is 1.46 bits per heavy atom. The monoisotopic (exact) mass is 180 g/mol. The molecule has 0 saturated carbocycles. The van der Waals surface area contributed by atoms with E-state index in [1.807, 2.05) is 33.8 Å². The first-order valence-electron chi connectivity index (χ1n) is 4.61. The Bertz CT molecular complexity index is 308. The molecule has 13 heavy (non-hydrogen) atoms. The molecule has 2 heteroatoms. The van der Waals surface area contributed by atoms with Gasteiger partial charge in [-0.25, -0.2) is 0 Å². The standard InChI is InChI=1S/C11H16O2/c1-7(2)5-11(12)10-6-8(3)13-9(10)4/h6-7H,5H2,1-4H3. The molecule has 72 valence electrons. The summed E-state index contributed by atoms with van der Waals surface area (Å²) in [5.41, 5.74) is 0.742. The summed E-state index contributed by atoms with van der Waals surface area (Å²) in [6.07, 6.45) is 0.597. The fraction of sp³-hybridized carbons (Fsp3) is 0.545. The molecule has 0 saturated heterocycles. The van der Waals surface area contributed by atoms with Crippen LogP contribution >= 0.6 is 0 Å². The Kier molecular flexibility index (Phi) is 2.91. The third-order valence-corrected chi connectivity index (χ3v) is 1.94. The Balaban J connectivity index is 2.82. The summed E-state index contributed by atoms with van der Waals surface area (Å²) in [5.74, 6) is 2.14.